The fraction of sp³-hybridized carbons (Fsp3) is 0.297. The van der Waals surface area contributed by atoms with E-state index >= 15 is 0 Å². The van der Waals surface area contributed by atoms with Crippen molar-refractivity contribution in [3.8, 4) is 5.75 Å². The Morgan fingerprint density at radius 1 is 0.878 bits per heavy atom. The Morgan fingerprint density at radius 2 is 1.55 bits per heavy atom. The van der Waals surface area contributed by atoms with Crippen LogP contribution in [0.15, 0.2) is 108 Å². The highest BCUT2D eigenvalue weighted by atomic mass is 32.2. The van der Waals surface area contributed by atoms with Crippen LogP contribution in [0.4, 0.5) is 18.9 Å². The van der Waals surface area contributed by atoms with E-state index in [-0.39, 0.29) is 23.5 Å². The first-order chi connectivity index (χ1) is 23.3. The Balaban J connectivity index is 1.84. The molecular weight excluding hydrogens is 655 g/mol. The van der Waals surface area contributed by atoms with Gasteiger partial charge in [0.05, 0.1) is 23.3 Å². The Morgan fingerprint density at radius 3 is 2.20 bits per heavy atom. The van der Waals surface area contributed by atoms with Crippen molar-refractivity contribution in [3.63, 3.8) is 0 Å². The van der Waals surface area contributed by atoms with Crippen LogP contribution in [0.5, 0.6) is 5.75 Å². The van der Waals surface area contributed by atoms with Gasteiger partial charge in [0.15, 0.2) is 0 Å². The molecule has 0 aliphatic rings. The predicted molar refractivity (Wildman–Crippen MR) is 183 cm³/mol. The molecule has 1 N–H and O–H groups in total. The van der Waals surface area contributed by atoms with Crippen molar-refractivity contribution in [3.05, 3.63) is 125 Å². The summed E-state index contributed by atoms with van der Waals surface area (Å²) < 4.78 is 75.8. The minimum Gasteiger partial charge on any atom is -0.497 e. The summed E-state index contributed by atoms with van der Waals surface area (Å²) in [6.45, 7) is 3.10. The van der Waals surface area contributed by atoms with Crippen LogP contribution in [0, 0.1) is 6.92 Å². The number of nitrogens with one attached hydrogen (secondary N) is 1. The number of alkyl halides is 3. The summed E-state index contributed by atoms with van der Waals surface area (Å²) in [6.07, 6.45) is -3.15. The monoisotopic (exact) mass is 695 g/mol. The molecule has 4 rings (SSSR count). The maximum Gasteiger partial charge on any atom is 0.416 e. The second kappa shape index (κ2) is 16.5. The fourth-order valence-electron chi connectivity index (χ4n) is 5.23. The molecule has 2 amide bonds. The summed E-state index contributed by atoms with van der Waals surface area (Å²) in [5.74, 6) is -0.729. The Labute approximate surface area is 285 Å². The molecule has 0 unspecified atom stereocenters. The zero-order valence-electron chi connectivity index (χ0n) is 27.6. The lowest BCUT2D eigenvalue weighted by Crippen LogP contribution is -2.53. The average Bonchev–Trinajstić information content (AvgIpc) is 3.09. The maximum atomic E-state index is 14.6. The van der Waals surface area contributed by atoms with Gasteiger partial charge < -0.3 is 15.0 Å². The number of ether oxygens (including phenoxy) is 1. The van der Waals surface area contributed by atoms with Crippen molar-refractivity contribution in [2.75, 3.05) is 24.5 Å². The Hall–Kier alpha value is -4.84. The van der Waals surface area contributed by atoms with Crippen LogP contribution in [0.25, 0.3) is 0 Å². The second-order valence-electron chi connectivity index (χ2n) is 11.6. The van der Waals surface area contributed by atoms with Crippen LogP contribution in [-0.2, 0) is 38.8 Å². The first-order valence-electron chi connectivity index (χ1n) is 15.8. The quantitative estimate of drug-likeness (QED) is 0.139. The van der Waals surface area contributed by atoms with Gasteiger partial charge in [-0.1, -0.05) is 79.6 Å². The standard InChI is InChI=1S/C37H40F3N3O5S/c1-4-5-21-41-36(45)34(23-28-11-7-6-8-12-28)42(25-29-13-9-16-32(22-29)48-3)35(44)26-43(31-15-10-14-30(24-31)37(38,39)40)49(46,47)33-19-17-27(2)18-20-33/h6-20,22,24,34H,4-5,21,23,25-26H2,1-3H3,(H,41,45)/t34-/m1/s1. The van der Waals surface area contributed by atoms with E-state index in [2.05, 4.69) is 5.32 Å². The normalized spacial score (nSPS) is 12.2. The zero-order chi connectivity index (χ0) is 35.6. The summed E-state index contributed by atoms with van der Waals surface area (Å²) in [5.41, 5.74) is 0.690. The lowest BCUT2D eigenvalue weighted by molar-refractivity contribution is -0.140. The molecule has 0 aliphatic heterocycles. The van der Waals surface area contributed by atoms with Gasteiger partial charge in [0.25, 0.3) is 10.0 Å². The molecule has 0 fully saturated rings. The van der Waals surface area contributed by atoms with Crippen LogP contribution in [0.1, 0.15) is 42.0 Å². The highest BCUT2D eigenvalue weighted by Gasteiger charge is 2.36. The van der Waals surface area contributed by atoms with Crippen molar-refractivity contribution in [2.24, 2.45) is 0 Å². The van der Waals surface area contributed by atoms with Gasteiger partial charge in [-0.3, -0.25) is 13.9 Å². The summed E-state index contributed by atoms with van der Waals surface area (Å²) in [6, 6.07) is 24.5. The van der Waals surface area contributed by atoms with E-state index in [4.69, 9.17) is 4.74 Å². The molecule has 1 atom stereocenters. The number of nitrogens with zero attached hydrogens (tertiary/aromatic N) is 2. The van der Waals surface area contributed by atoms with Crippen molar-refractivity contribution in [2.45, 2.75) is 56.8 Å². The first-order valence-corrected chi connectivity index (χ1v) is 17.3. The van der Waals surface area contributed by atoms with Crippen LogP contribution < -0.4 is 14.4 Å². The SMILES string of the molecule is CCCCNC(=O)[C@@H](Cc1ccccc1)N(Cc1cccc(OC)c1)C(=O)CN(c1cccc(C(F)(F)F)c1)S(=O)(=O)c1ccc(C)cc1. The number of aryl methyl sites for hydroxylation is 1. The molecule has 0 heterocycles. The number of sulfonamides is 1. The minimum absolute atomic E-state index is 0.1000. The third kappa shape index (κ3) is 9.85. The topological polar surface area (TPSA) is 96.0 Å². The molecule has 4 aromatic rings. The fourth-order valence-corrected chi connectivity index (χ4v) is 6.64. The van der Waals surface area contributed by atoms with E-state index in [9.17, 15) is 31.2 Å². The maximum absolute atomic E-state index is 14.6. The number of unbranched alkanes of at least 4 members (excludes halogenated alkanes) is 1. The molecule has 8 nitrogen and oxygen atoms in total. The van der Waals surface area contributed by atoms with E-state index < -0.39 is 46.2 Å². The molecule has 0 radical (unpaired) electrons. The lowest BCUT2D eigenvalue weighted by atomic mass is 10.0. The Kier molecular flexibility index (Phi) is 12.5. The van der Waals surface area contributed by atoms with E-state index in [1.54, 1.807) is 55.5 Å². The highest BCUT2D eigenvalue weighted by molar-refractivity contribution is 7.92. The molecule has 0 saturated carbocycles. The number of amides is 2. The second-order valence-corrected chi connectivity index (χ2v) is 13.5. The molecule has 0 saturated heterocycles. The summed E-state index contributed by atoms with van der Waals surface area (Å²) in [4.78, 5) is 29.5. The number of benzene rings is 4. The van der Waals surface area contributed by atoms with Gasteiger partial charge in [0.2, 0.25) is 11.8 Å². The zero-order valence-corrected chi connectivity index (χ0v) is 28.4. The first kappa shape index (κ1) is 37.0. The number of carbonyl (C=O) groups is 2. The van der Waals surface area contributed by atoms with E-state index in [1.807, 2.05) is 25.1 Å². The van der Waals surface area contributed by atoms with Gasteiger partial charge in [0, 0.05) is 19.5 Å². The smallest absolute Gasteiger partial charge is 0.416 e. The van der Waals surface area contributed by atoms with E-state index in [1.165, 1.54) is 30.2 Å². The largest absolute Gasteiger partial charge is 0.497 e. The number of hydrogen-bond donors (Lipinski definition) is 1. The van der Waals surface area contributed by atoms with Crippen molar-refractivity contribution in [1.29, 1.82) is 0 Å². The van der Waals surface area contributed by atoms with Gasteiger partial charge in [0.1, 0.15) is 18.3 Å². The number of carbonyl (C=O) groups excluding carboxylic acids is 2. The summed E-state index contributed by atoms with van der Waals surface area (Å²) >= 11 is 0. The molecular formula is C37H40F3N3O5S. The van der Waals surface area contributed by atoms with Gasteiger partial charge in [-0.15, -0.1) is 0 Å². The van der Waals surface area contributed by atoms with Crippen LogP contribution in [0.3, 0.4) is 0 Å². The molecule has 12 heteroatoms. The Bertz CT molecular complexity index is 1820. The van der Waals surface area contributed by atoms with Crippen molar-refractivity contribution < 1.29 is 35.9 Å². The molecule has 4 aromatic carbocycles. The number of hydrogen-bond acceptors (Lipinski definition) is 5. The predicted octanol–water partition coefficient (Wildman–Crippen LogP) is 6.77. The molecule has 260 valence electrons. The average molecular weight is 696 g/mol. The molecule has 0 aliphatic carbocycles. The number of methoxy groups -OCH3 is 1. The lowest BCUT2D eigenvalue weighted by Gasteiger charge is -2.34. The van der Waals surface area contributed by atoms with Crippen molar-refractivity contribution >= 4 is 27.5 Å². The van der Waals surface area contributed by atoms with Gasteiger partial charge >= 0.3 is 6.18 Å². The van der Waals surface area contributed by atoms with Gasteiger partial charge in [-0.2, -0.15) is 13.2 Å². The number of rotatable bonds is 15. The molecule has 49 heavy (non-hydrogen) atoms. The number of halogens is 3. The van der Waals surface area contributed by atoms with Crippen LogP contribution in [-0.4, -0.2) is 51.4 Å². The van der Waals surface area contributed by atoms with E-state index in [0.29, 0.717) is 34.7 Å². The van der Waals surface area contributed by atoms with Crippen LogP contribution >= 0.6 is 0 Å². The number of anilines is 1. The third-order valence-corrected chi connectivity index (χ3v) is 9.73. The third-order valence-electron chi connectivity index (χ3n) is 7.94. The summed E-state index contributed by atoms with van der Waals surface area (Å²) in [7, 11) is -3.08. The molecule has 0 bridgehead atoms. The van der Waals surface area contributed by atoms with Crippen LogP contribution in [0.2, 0.25) is 0 Å². The van der Waals surface area contributed by atoms with Crippen molar-refractivity contribution in [1.82, 2.24) is 10.2 Å². The highest BCUT2D eigenvalue weighted by Crippen LogP contribution is 2.33. The minimum atomic E-state index is -4.77. The van der Waals surface area contributed by atoms with Gasteiger partial charge in [-0.05, 0) is 66.9 Å². The molecule has 0 aromatic heterocycles. The van der Waals surface area contributed by atoms with Gasteiger partial charge in [-0.25, -0.2) is 8.42 Å². The summed E-state index contributed by atoms with van der Waals surface area (Å²) in [5, 5.41) is 2.90. The molecule has 0 spiro atoms. The van der Waals surface area contributed by atoms with E-state index in [0.717, 1.165) is 29.7 Å².